The first kappa shape index (κ1) is 18.5. The molecule has 0 saturated carbocycles. The Morgan fingerprint density at radius 3 is 2.75 bits per heavy atom. The average Bonchev–Trinajstić information content (AvgIpc) is 2.69. The van der Waals surface area contributed by atoms with Crippen molar-refractivity contribution in [2.75, 3.05) is 29.5 Å². The molecule has 7 nitrogen and oxygen atoms in total. The predicted octanol–water partition coefficient (Wildman–Crippen LogP) is 3.06. The van der Waals surface area contributed by atoms with Crippen LogP contribution in [0.2, 0.25) is 0 Å². The summed E-state index contributed by atoms with van der Waals surface area (Å²) < 4.78 is 34.7. The fourth-order valence-electron chi connectivity index (χ4n) is 3.57. The van der Waals surface area contributed by atoms with Crippen molar-refractivity contribution >= 4 is 33.1 Å². The van der Waals surface area contributed by atoms with Gasteiger partial charge in [0, 0.05) is 12.1 Å². The number of carbonyl (C=O) groups excluding carboxylic acids is 1. The van der Waals surface area contributed by atoms with Crippen LogP contribution in [0.4, 0.5) is 11.4 Å². The van der Waals surface area contributed by atoms with Gasteiger partial charge in [-0.2, -0.15) is 8.42 Å². The molecule has 2 aromatic rings. The van der Waals surface area contributed by atoms with Gasteiger partial charge in [-0.25, -0.2) is 0 Å². The van der Waals surface area contributed by atoms with E-state index in [1.165, 1.54) is 6.07 Å². The van der Waals surface area contributed by atoms with E-state index >= 15 is 0 Å². The molecular weight excluding hydrogens is 378 g/mol. The number of amidine groups is 1. The van der Waals surface area contributed by atoms with Gasteiger partial charge in [0.2, 0.25) is 0 Å². The third-order valence-electron chi connectivity index (χ3n) is 4.84. The number of carbonyl (C=O) groups is 1. The molecule has 0 aromatic heterocycles. The Balaban J connectivity index is 1.76. The van der Waals surface area contributed by atoms with E-state index in [0.29, 0.717) is 48.2 Å². The van der Waals surface area contributed by atoms with Crippen LogP contribution in [0.15, 0.2) is 51.8 Å². The minimum Gasteiger partial charge on any atom is -0.490 e. The van der Waals surface area contributed by atoms with E-state index in [1.807, 2.05) is 36.1 Å². The van der Waals surface area contributed by atoms with Gasteiger partial charge in [0.1, 0.15) is 23.1 Å². The van der Waals surface area contributed by atoms with Crippen LogP contribution in [-0.4, -0.2) is 39.9 Å². The van der Waals surface area contributed by atoms with E-state index in [1.54, 1.807) is 24.0 Å². The van der Waals surface area contributed by atoms with Gasteiger partial charge < -0.3 is 14.5 Å². The number of rotatable bonds is 3. The highest BCUT2D eigenvalue weighted by atomic mass is 32.2. The maximum absolute atomic E-state index is 13.2. The van der Waals surface area contributed by atoms with Gasteiger partial charge in [0.15, 0.2) is 0 Å². The maximum Gasteiger partial charge on any atom is 0.286 e. The van der Waals surface area contributed by atoms with E-state index in [2.05, 4.69) is 4.40 Å². The molecule has 0 aliphatic carbocycles. The van der Waals surface area contributed by atoms with Crippen LogP contribution < -0.4 is 14.5 Å². The van der Waals surface area contributed by atoms with Crippen molar-refractivity contribution in [2.45, 2.75) is 25.2 Å². The molecule has 0 N–H and O–H groups in total. The van der Waals surface area contributed by atoms with Crippen LogP contribution in [0.1, 0.15) is 30.6 Å². The lowest BCUT2D eigenvalue weighted by Gasteiger charge is -2.31. The van der Waals surface area contributed by atoms with Crippen molar-refractivity contribution in [3.05, 3.63) is 48.0 Å². The second kappa shape index (κ2) is 6.94. The van der Waals surface area contributed by atoms with Crippen LogP contribution >= 0.6 is 0 Å². The zero-order chi connectivity index (χ0) is 19.9. The minimum absolute atomic E-state index is 0.0685. The highest BCUT2D eigenvalue weighted by Gasteiger charge is 2.31. The average molecular weight is 399 g/mol. The Morgan fingerprint density at radius 1 is 1.18 bits per heavy atom. The number of amides is 1. The number of anilines is 2. The Hall–Kier alpha value is -2.87. The summed E-state index contributed by atoms with van der Waals surface area (Å²) >= 11 is 0. The van der Waals surface area contributed by atoms with Crippen molar-refractivity contribution in [1.29, 1.82) is 0 Å². The van der Waals surface area contributed by atoms with E-state index in [9.17, 15) is 13.2 Å². The number of nitrogens with zero attached hydrogens (tertiary/aromatic N) is 3. The van der Waals surface area contributed by atoms with Gasteiger partial charge in [0.25, 0.3) is 15.9 Å². The monoisotopic (exact) mass is 399 g/mol. The molecule has 8 heteroatoms. The fourth-order valence-corrected chi connectivity index (χ4v) is 4.83. The van der Waals surface area contributed by atoms with Crippen molar-refractivity contribution in [1.82, 2.24) is 0 Å². The maximum atomic E-state index is 13.2. The Morgan fingerprint density at radius 2 is 1.96 bits per heavy atom. The molecule has 2 aromatic carbocycles. The smallest absolute Gasteiger partial charge is 0.286 e. The molecule has 0 saturated heterocycles. The van der Waals surface area contributed by atoms with Crippen LogP contribution in [0.25, 0.3) is 0 Å². The van der Waals surface area contributed by atoms with Gasteiger partial charge >= 0.3 is 0 Å². The Bertz CT molecular complexity index is 1080. The van der Waals surface area contributed by atoms with E-state index in [-0.39, 0.29) is 10.8 Å². The van der Waals surface area contributed by atoms with Gasteiger partial charge in [-0.3, -0.25) is 4.79 Å². The van der Waals surface area contributed by atoms with Crippen molar-refractivity contribution in [2.24, 2.45) is 4.40 Å². The summed E-state index contributed by atoms with van der Waals surface area (Å²) in [5.74, 6) is 0.819. The third kappa shape index (κ3) is 3.03. The summed E-state index contributed by atoms with van der Waals surface area (Å²) in [5, 5.41) is 0. The molecule has 0 radical (unpaired) electrons. The Kier molecular flexibility index (Phi) is 4.58. The topological polar surface area (TPSA) is 79.3 Å². The summed E-state index contributed by atoms with van der Waals surface area (Å²) in [6, 6.07) is 12.1. The minimum atomic E-state index is -3.84. The summed E-state index contributed by atoms with van der Waals surface area (Å²) in [4.78, 5) is 16.7. The fraction of sp³-hybridized carbons (Fsp3) is 0.300. The molecule has 0 spiro atoms. The lowest BCUT2D eigenvalue weighted by molar-refractivity contribution is 0.0976. The van der Waals surface area contributed by atoms with Crippen LogP contribution in [0.5, 0.6) is 5.75 Å². The summed E-state index contributed by atoms with van der Waals surface area (Å²) in [6.45, 7) is 5.14. The summed E-state index contributed by atoms with van der Waals surface area (Å²) in [5.41, 5.74) is 1.55. The Labute approximate surface area is 164 Å². The molecule has 1 amide bonds. The van der Waals surface area contributed by atoms with Crippen molar-refractivity contribution < 1.29 is 17.9 Å². The lowest BCUT2D eigenvalue weighted by Crippen LogP contribution is -2.38. The quantitative estimate of drug-likeness (QED) is 0.793. The van der Waals surface area contributed by atoms with Gasteiger partial charge in [-0.1, -0.05) is 19.1 Å². The number of para-hydroxylation sites is 2. The van der Waals surface area contributed by atoms with Gasteiger partial charge in [-0.15, -0.1) is 4.40 Å². The molecule has 2 aliphatic heterocycles. The number of sulfonamides is 1. The van der Waals surface area contributed by atoms with Crippen molar-refractivity contribution in [3.63, 3.8) is 0 Å². The number of hydrogen-bond donors (Lipinski definition) is 0. The predicted molar refractivity (Wildman–Crippen MR) is 108 cm³/mol. The normalized spacial score (nSPS) is 17.3. The standard InChI is InChI=1S/C20H21N3O4S/c1-3-10-22-14(2)21-28(25,26)19-13-15(8-9-17(19)22)20(24)23-11-12-27-18-7-5-4-6-16(18)23/h4-9,13H,3,10-12H2,1-2H3. The molecule has 2 heterocycles. The van der Waals surface area contributed by atoms with Crippen LogP contribution in [-0.2, 0) is 10.0 Å². The second-order valence-corrected chi connectivity index (χ2v) is 8.29. The van der Waals surface area contributed by atoms with E-state index in [4.69, 9.17) is 4.74 Å². The van der Waals surface area contributed by atoms with E-state index in [0.717, 1.165) is 6.42 Å². The highest BCUT2D eigenvalue weighted by molar-refractivity contribution is 7.90. The second-order valence-electron chi connectivity index (χ2n) is 6.72. The first-order chi connectivity index (χ1) is 13.4. The first-order valence-electron chi connectivity index (χ1n) is 9.19. The molecule has 0 bridgehead atoms. The first-order valence-corrected chi connectivity index (χ1v) is 10.6. The van der Waals surface area contributed by atoms with Gasteiger partial charge in [-0.05, 0) is 43.7 Å². The molecular formula is C20H21N3O4S. The summed E-state index contributed by atoms with van der Waals surface area (Å²) in [7, 11) is -3.84. The molecule has 2 aliphatic rings. The molecule has 146 valence electrons. The number of hydrogen-bond acceptors (Lipinski definition) is 5. The third-order valence-corrected chi connectivity index (χ3v) is 6.23. The van der Waals surface area contributed by atoms with E-state index < -0.39 is 10.0 Å². The summed E-state index contributed by atoms with van der Waals surface area (Å²) in [6.07, 6.45) is 0.845. The molecule has 4 rings (SSSR count). The molecule has 0 fully saturated rings. The lowest BCUT2D eigenvalue weighted by atomic mass is 10.1. The molecule has 0 unspecified atom stereocenters. The number of fused-ring (bicyclic) bond motifs is 2. The number of benzene rings is 2. The van der Waals surface area contributed by atoms with Crippen molar-refractivity contribution in [3.8, 4) is 5.75 Å². The van der Waals surface area contributed by atoms with Crippen LogP contribution in [0.3, 0.4) is 0 Å². The largest absolute Gasteiger partial charge is 0.490 e. The zero-order valence-corrected chi connectivity index (χ0v) is 16.6. The molecule has 28 heavy (non-hydrogen) atoms. The van der Waals surface area contributed by atoms with Crippen LogP contribution in [0, 0.1) is 0 Å². The molecule has 0 atom stereocenters. The number of ether oxygens (including phenoxy) is 1. The zero-order valence-electron chi connectivity index (χ0n) is 15.8. The SMILES string of the molecule is CCCN1C(C)=NS(=O)(=O)c2cc(C(=O)N3CCOc4ccccc43)ccc21. The van der Waals surface area contributed by atoms with Gasteiger partial charge in [0.05, 0.1) is 17.9 Å². The highest BCUT2D eigenvalue weighted by Crippen LogP contribution is 2.35.